The molecule has 1 unspecified atom stereocenters. The summed E-state index contributed by atoms with van der Waals surface area (Å²) in [7, 11) is 0. The normalized spacial score (nSPS) is 22.8. The highest BCUT2D eigenvalue weighted by Crippen LogP contribution is 2.21. The van der Waals surface area contributed by atoms with E-state index in [4.69, 9.17) is 0 Å². The summed E-state index contributed by atoms with van der Waals surface area (Å²) in [5, 5.41) is 19.5. The third-order valence-electron chi connectivity index (χ3n) is 6.59. The monoisotopic (exact) mass is 488 g/mol. The maximum absolute atomic E-state index is 12.7. The zero-order valence-corrected chi connectivity index (χ0v) is 20.2. The molecule has 1 fully saturated rings. The van der Waals surface area contributed by atoms with Crippen molar-refractivity contribution in [2.45, 2.75) is 19.0 Å². The van der Waals surface area contributed by atoms with E-state index in [1.54, 1.807) is 12.4 Å². The summed E-state index contributed by atoms with van der Waals surface area (Å²) in [5.74, 6) is 1.18. The zero-order chi connectivity index (χ0) is 24.7. The molecule has 1 amide bonds. The van der Waals surface area contributed by atoms with Crippen molar-refractivity contribution in [2.24, 2.45) is 0 Å². The highest BCUT2D eigenvalue weighted by Gasteiger charge is 2.28. The smallest absolute Gasteiger partial charge is 0.239 e. The van der Waals surface area contributed by atoms with Crippen molar-refractivity contribution in [1.82, 2.24) is 30.1 Å². The minimum Gasteiger partial charge on any atom is -0.394 e. The molecule has 188 valence electrons. The molecule has 10 heteroatoms. The van der Waals surface area contributed by atoms with Crippen LogP contribution in [0.25, 0.3) is 11.3 Å². The molecule has 1 aromatic carbocycles. The van der Waals surface area contributed by atoms with E-state index in [0.29, 0.717) is 19.0 Å². The van der Waals surface area contributed by atoms with Crippen molar-refractivity contribution in [3.8, 4) is 11.3 Å². The number of pyridine rings is 1. The van der Waals surface area contributed by atoms with Gasteiger partial charge in [-0.1, -0.05) is 12.1 Å². The number of nitrogens with zero attached hydrogens (tertiary/aromatic N) is 5. The molecule has 3 aromatic rings. The summed E-state index contributed by atoms with van der Waals surface area (Å²) in [6.07, 6.45) is 4.28. The number of benzene rings is 1. The van der Waals surface area contributed by atoms with Gasteiger partial charge in [0, 0.05) is 69.5 Å². The molecule has 4 N–H and O–H groups in total. The molecular weight excluding hydrogens is 456 g/mol. The first-order valence-electron chi connectivity index (χ1n) is 12.4. The number of carbonyl (C=O) groups excluding carboxylic acids is 1. The Morgan fingerprint density at radius 2 is 1.86 bits per heavy atom. The van der Waals surface area contributed by atoms with Gasteiger partial charge in [0.1, 0.15) is 11.9 Å². The van der Waals surface area contributed by atoms with Gasteiger partial charge in [-0.3, -0.25) is 14.6 Å². The van der Waals surface area contributed by atoms with E-state index in [1.165, 1.54) is 5.56 Å². The summed E-state index contributed by atoms with van der Waals surface area (Å²) in [5.41, 5.74) is 3.81. The van der Waals surface area contributed by atoms with Gasteiger partial charge in [0.25, 0.3) is 0 Å². The number of piperazine rings is 1. The van der Waals surface area contributed by atoms with Crippen molar-refractivity contribution in [3.05, 3.63) is 60.4 Å². The molecule has 1 saturated heterocycles. The molecule has 2 aromatic heterocycles. The molecule has 5 aliphatic rings. The number of hydrogen-bond acceptors (Lipinski definition) is 9. The van der Waals surface area contributed by atoms with E-state index in [2.05, 4.69) is 52.8 Å². The van der Waals surface area contributed by atoms with E-state index in [1.807, 2.05) is 30.3 Å². The Morgan fingerprint density at radius 1 is 1.00 bits per heavy atom. The van der Waals surface area contributed by atoms with Gasteiger partial charge in [-0.2, -0.15) is 0 Å². The Hall–Kier alpha value is -3.60. The summed E-state index contributed by atoms with van der Waals surface area (Å²) < 4.78 is 0. The lowest BCUT2D eigenvalue weighted by Crippen LogP contribution is -2.56. The second kappa shape index (κ2) is 11.4. The van der Waals surface area contributed by atoms with Gasteiger partial charge in [0.2, 0.25) is 11.9 Å². The number of aliphatic hydroxyl groups excluding tert-OH is 1. The van der Waals surface area contributed by atoms with E-state index >= 15 is 0 Å². The molecule has 8 rings (SSSR count). The molecule has 0 radical (unpaired) electrons. The highest BCUT2D eigenvalue weighted by atomic mass is 16.3. The molecule has 0 spiro atoms. The maximum atomic E-state index is 12.7. The molecule has 0 saturated carbocycles. The zero-order valence-electron chi connectivity index (χ0n) is 20.2. The highest BCUT2D eigenvalue weighted by molar-refractivity contribution is 5.81. The predicted octanol–water partition coefficient (Wildman–Crippen LogP) is 1.69. The first-order chi connectivity index (χ1) is 17.7. The van der Waals surface area contributed by atoms with Gasteiger partial charge in [0.05, 0.1) is 12.3 Å². The van der Waals surface area contributed by atoms with E-state index in [0.717, 1.165) is 61.9 Å². The first-order valence-corrected chi connectivity index (χ1v) is 12.4. The molecule has 36 heavy (non-hydrogen) atoms. The number of anilines is 3. The third kappa shape index (κ3) is 5.96. The number of rotatable bonds is 1. The lowest BCUT2D eigenvalue weighted by atomic mass is 10.1. The van der Waals surface area contributed by atoms with Crippen LogP contribution in [0, 0.1) is 0 Å². The number of carbonyl (C=O) groups is 1. The van der Waals surface area contributed by atoms with E-state index < -0.39 is 6.04 Å². The molecule has 5 aliphatic heterocycles. The third-order valence-corrected chi connectivity index (χ3v) is 6.59. The van der Waals surface area contributed by atoms with Crippen LogP contribution in [0.1, 0.15) is 12.0 Å². The Bertz CT molecular complexity index is 1160. The largest absolute Gasteiger partial charge is 0.394 e. The minimum atomic E-state index is -0.515. The standard InChI is InChI=1S/C26H32N8O2/c35-18-23-25(36)28-9-2-8-27-24-6-5-20(16-30-24)22-7-10-29-26(32-22)31-21-4-1-3-19(15-21)17-33-11-13-34(23)14-12-33/h1,3-7,10,15-16,23,35H,2,8-9,11-14,17-18H2,(H,27,30)(H,28,36)(H,29,31,32). The quantitative estimate of drug-likeness (QED) is 0.406. The van der Waals surface area contributed by atoms with Crippen LogP contribution in [0.5, 0.6) is 0 Å². The predicted molar refractivity (Wildman–Crippen MR) is 139 cm³/mol. The van der Waals surface area contributed by atoms with Gasteiger partial charge in [-0.15, -0.1) is 0 Å². The number of aliphatic hydroxyl groups is 1. The van der Waals surface area contributed by atoms with Crippen molar-refractivity contribution in [2.75, 3.05) is 56.5 Å². The van der Waals surface area contributed by atoms with Gasteiger partial charge >= 0.3 is 0 Å². The van der Waals surface area contributed by atoms with Gasteiger partial charge in [0.15, 0.2) is 0 Å². The average Bonchev–Trinajstić information content (AvgIpc) is 2.90. The van der Waals surface area contributed by atoms with Gasteiger partial charge in [-0.25, -0.2) is 15.0 Å². The van der Waals surface area contributed by atoms with Crippen LogP contribution in [0.4, 0.5) is 17.5 Å². The minimum absolute atomic E-state index is 0.117. The summed E-state index contributed by atoms with van der Waals surface area (Å²) >= 11 is 0. The lowest BCUT2D eigenvalue weighted by molar-refractivity contribution is -0.128. The van der Waals surface area contributed by atoms with E-state index in [9.17, 15) is 9.90 Å². The van der Waals surface area contributed by atoms with Crippen LogP contribution in [0.15, 0.2) is 54.9 Å². The number of hydrogen-bond donors (Lipinski definition) is 4. The van der Waals surface area contributed by atoms with Gasteiger partial charge < -0.3 is 21.1 Å². The van der Waals surface area contributed by atoms with Crippen LogP contribution in [0.2, 0.25) is 0 Å². The van der Waals surface area contributed by atoms with Crippen LogP contribution in [-0.4, -0.2) is 87.7 Å². The van der Waals surface area contributed by atoms with Crippen molar-refractivity contribution < 1.29 is 9.90 Å². The lowest BCUT2D eigenvalue weighted by Gasteiger charge is -2.38. The van der Waals surface area contributed by atoms with Crippen LogP contribution < -0.4 is 16.0 Å². The van der Waals surface area contributed by atoms with Crippen molar-refractivity contribution in [3.63, 3.8) is 0 Å². The van der Waals surface area contributed by atoms with E-state index in [-0.39, 0.29) is 12.5 Å². The Balaban J connectivity index is 1.37. The fraction of sp³-hybridized carbons (Fsp3) is 0.385. The molecule has 0 aliphatic carbocycles. The van der Waals surface area contributed by atoms with Crippen LogP contribution >= 0.6 is 0 Å². The SMILES string of the molecule is O=C1NCCCNc2ccc(cn2)-c2ccnc(n2)Nc2cccc(c2)CN2CCN(CC2)C1CO. The number of aromatic nitrogens is 3. The topological polar surface area (TPSA) is 119 Å². The molecule has 10 nitrogen and oxygen atoms in total. The fourth-order valence-corrected chi connectivity index (χ4v) is 4.60. The molecule has 7 heterocycles. The summed E-state index contributed by atoms with van der Waals surface area (Å²) in [6.45, 7) is 4.98. The molecule has 1 atom stereocenters. The number of amides is 1. The second-order valence-electron chi connectivity index (χ2n) is 9.10. The fourth-order valence-electron chi connectivity index (χ4n) is 4.60. The summed E-state index contributed by atoms with van der Waals surface area (Å²) in [6, 6.07) is 13.5. The second-order valence-corrected chi connectivity index (χ2v) is 9.10. The van der Waals surface area contributed by atoms with Gasteiger partial charge in [-0.05, 0) is 42.3 Å². The van der Waals surface area contributed by atoms with Crippen molar-refractivity contribution in [1.29, 1.82) is 0 Å². The van der Waals surface area contributed by atoms with Crippen LogP contribution in [0.3, 0.4) is 0 Å². The Kier molecular flexibility index (Phi) is 7.65. The average molecular weight is 489 g/mol. The summed E-state index contributed by atoms with van der Waals surface area (Å²) in [4.78, 5) is 30.7. The van der Waals surface area contributed by atoms with Crippen LogP contribution in [-0.2, 0) is 11.3 Å². The first kappa shape index (κ1) is 24.1. The molecule has 8 bridgehead atoms. The Morgan fingerprint density at radius 3 is 2.67 bits per heavy atom. The van der Waals surface area contributed by atoms with Crippen molar-refractivity contribution >= 4 is 23.4 Å². The molecular formula is C26H32N8O2. The maximum Gasteiger partial charge on any atom is 0.239 e. The Labute approximate surface area is 210 Å². The number of nitrogens with one attached hydrogen (secondary N) is 3.